The van der Waals surface area contributed by atoms with Crippen LogP contribution in [0.4, 0.5) is 0 Å². The summed E-state index contributed by atoms with van der Waals surface area (Å²) in [5.41, 5.74) is 0. The third-order valence-corrected chi connectivity index (χ3v) is 4.11. The number of carbonyl (C=O) groups excluding carboxylic acids is 1. The smallest absolute Gasteiger partial charge is 0.328 e. The molecule has 2 atom stereocenters. The quantitative estimate of drug-likeness (QED) is 0.311. The zero-order chi connectivity index (χ0) is 18.5. The van der Waals surface area contributed by atoms with Crippen LogP contribution in [0.5, 0.6) is 0 Å². The minimum absolute atomic E-state index is 0.333. The minimum Gasteiger partial charge on any atom is -0.480 e. The molecule has 0 heterocycles. The standard InChI is InChI=1S/C18H33NO5/c1-4-5-6-7-8-9-10-11-12-14(17(21)22)19-15(18(23)24)16(20)13(2)3/h13-15,19H,4-12H2,1-3H3,(H,21,22)(H,23,24)/t14?,15-/m0/s1. The number of hydrogen-bond acceptors (Lipinski definition) is 4. The van der Waals surface area contributed by atoms with Crippen LogP contribution in [0.3, 0.4) is 0 Å². The number of carbonyl (C=O) groups is 3. The first-order valence-corrected chi connectivity index (χ1v) is 9.06. The lowest BCUT2D eigenvalue weighted by molar-refractivity contribution is -0.146. The highest BCUT2D eigenvalue weighted by Gasteiger charge is 2.32. The molecule has 0 fully saturated rings. The zero-order valence-corrected chi connectivity index (χ0v) is 15.2. The Balaban J connectivity index is 4.27. The average Bonchev–Trinajstić information content (AvgIpc) is 2.51. The van der Waals surface area contributed by atoms with Gasteiger partial charge in [-0.25, -0.2) is 0 Å². The molecule has 140 valence electrons. The van der Waals surface area contributed by atoms with Crippen molar-refractivity contribution >= 4 is 17.7 Å². The number of carboxylic acid groups (broad SMARTS) is 2. The van der Waals surface area contributed by atoms with Gasteiger partial charge in [-0.1, -0.05) is 72.1 Å². The van der Waals surface area contributed by atoms with Gasteiger partial charge in [0.15, 0.2) is 11.8 Å². The summed E-state index contributed by atoms with van der Waals surface area (Å²) in [7, 11) is 0. The van der Waals surface area contributed by atoms with E-state index < -0.39 is 35.7 Å². The van der Waals surface area contributed by atoms with Crippen LogP contribution in [-0.2, 0) is 14.4 Å². The summed E-state index contributed by atoms with van der Waals surface area (Å²) in [4.78, 5) is 34.5. The van der Waals surface area contributed by atoms with E-state index in [1.165, 1.54) is 25.7 Å². The second kappa shape index (κ2) is 12.9. The monoisotopic (exact) mass is 343 g/mol. The highest BCUT2D eigenvalue weighted by molar-refractivity contribution is 6.03. The third-order valence-electron chi connectivity index (χ3n) is 4.11. The molecule has 0 aromatic heterocycles. The van der Waals surface area contributed by atoms with E-state index in [4.69, 9.17) is 5.11 Å². The first-order chi connectivity index (χ1) is 11.3. The van der Waals surface area contributed by atoms with Crippen molar-refractivity contribution in [1.29, 1.82) is 0 Å². The molecule has 0 bridgehead atoms. The maximum atomic E-state index is 11.9. The number of hydrogen-bond donors (Lipinski definition) is 3. The SMILES string of the molecule is CCCCCCCCCCC(N[C@H](C(=O)O)C(=O)C(C)C)C(=O)O. The van der Waals surface area contributed by atoms with E-state index in [1.807, 2.05) is 0 Å². The molecule has 0 saturated carbocycles. The topological polar surface area (TPSA) is 104 Å². The number of aliphatic carboxylic acids is 2. The Kier molecular flexibility index (Phi) is 12.2. The summed E-state index contributed by atoms with van der Waals surface area (Å²) in [6.07, 6.45) is 9.09. The van der Waals surface area contributed by atoms with Crippen LogP contribution in [0.25, 0.3) is 0 Å². The predicted molar refractivity (Wildman–Crippen MR) is 93.1 cm³/mol. The van der Waals surface area contributed by atoms with Gasteiger partial charge in [-0.15, -0.1) is 0 Å². The summed E-state index contributed by atoms with van der Waals surface area (Å²) in [6, 6.07) is -2.46. The number of nitrogens with one attached hydrogen (secondary N) is 1. The first-order valence-electron chi connectivity index (χ1n) is 9.06. The Morgan fingerprint density at radius 3 is 1.75 bits per heavy atom. The van der Waals surface area contributed by atoms with Crippen molar-refractivity contribution < 1.29 is 24.6 Å². The van der Waals surface area contributed by atoms with E-state index in [2.05, 4.69) is 12.2 Å². The molecular formula is C18H33NO5. The summed E-state index contributed by atoms with van der Waals surface area (Å²) in [6.45, 7) is 5.38. The first kappa shape index (κ1) is 22.6. The Morgan fingerprint density at radius 2 is 1.33 bits per heavy atom. The lowest BCUT2D eigenvalue weighted by atomic mass is 9.99. The molecule has 1 unspecified atom stereocenters. The van der Waals surface area contributed by atoms with E-state index in [0.717, 1.165) is 19.3 Å². The molecule has 0 radical (unpaired) electrons. The van der Waals surface area contributed by atoms with Crippen molar-refractivity contribution in [2.24, 2.45) is 5.92 Å². The third kappa shape index (κ3) is 9.65. The summed E-state index contributed by atoms with van der Waals surface area (Å²) >= 11 is 0. The van der Waals surface area contributed by atoms with Gasteiger partial charge in [-0.2, -0.15) is 0 Å². The molecule has 0 aliphatic rings. The molecule has 24 heavy (non-hydrogen) atoms. The van der Waals surface area contributed by atoms with Gasteiger partial charge in [0.2, 0.25) is 0 Å². The van der Waals surface area contributed by atoms with Gasteiger partial charge < -0.3 is 10.2 Å². The van der Waals surface area contributed by atoms with Crippen molar-refractivity contribution in [3.63, 3.8) is 0 Å². The largest absolute Gasteiger partial charge is 0.480 e. The minimum atomic E-state index is -1.46. The lowest BCUT2D eigenvalue weighted by Gasteiger charge is -2.20. The van der Waals surface area contributed by atoms with Gasteiger partial charge in [0, 0.05) is 5.92 Å². The lowest BCUT2D eigenvalue weighted by Crippen LogP contribution is -2.52. The van der Waals surface area contributed by atoms with Crippen LogP contribution < -0.4 is 5.32 Å². The summed E-state index contributed by atoms with van der Waals surface area (Å²) < 4.78 is 0. The second-order valence-electron chi connectivity index (χ2n) is 6.65. The van der Waals surface area contributed by atoms with E-state index in [0.29, 0.717) is 12.8 Å². The predicted octanol–water partition coefficient (Wildman–Crippen LogP) is 3.24. The normalized spacial score (nSPS) is 13.7. The van der Waals surface area contributed by atoms with Crippen LogP contribution in [0.2, 0.25) is 0 Å². The van der Waals surface area contributed by atoms with E-state index >= 15 is 0 Å². The van der Waals surface area contributed by atoms with Crippen molar-refractivity contribution in [3.8, 4) is 0 Å². The van der Waals surface area contributed by atoms with Gasteiger partial charge in [-0.05, 0) is 6.42 Å². The Morgan fingerprint density at radius 1 is 0.833 bits per heavy atom. The van der Waals surface area contributed by atoms with Crippen molar-refractivity contribution in [2.45, 2.75) is 90.6 Å². The van der Waals surface area contributed by atoms with Gasteiger partial charge >= 0.3 is 11.9 Å². The maximum Gasteiger partial charge on any atom is 0.328 e. The fourth-order valence-corrected chi connectivity index (χ4v) is 2.57. The van der Waals surface area contributed by atoms with Crippen molar-refractivity contribution in [1.82, 2.24) is 5.32 Å². The average molecular weight is 343 g/mol. The van der Waals surface area contributed by atoms with Crippen LogP contribution in [0.1, 0.15) is 78.6 Å². The maximum absolute atomic E-state index is 11.9. The molecular weight excluding hydrogens is 310 g/mol. The molecule has 3 N–H and O–H groups in total. The van der Waals surface area contributed by atoms with E-state index in [-0.39, 0.29) is 0 Å². The van der Waals surface area contributed by atoms with Crippen molar-refractivity contribution in [3.05, 3.63) is 0 Å². The number of ketones is 1. The molecule has 0 rings (SSSR count). The van der Waals surface area contributed by atoms with Crippen LogP contribution in [0, 0.1) is 5.92 Å². The number of Topliss-reactive ketones (excluding diaryl/α,β-unsaturated/α-hetero) is 1. The zero-order valence-electron chi connectivity index (χ0n) is 15.2. The van der Waals surface area contributed by atoms with Gasteiger partial charge in [0.25, 0.3) is 0 Å². The van der Waals surface area contributed by atoms with Gasteiger partial charge in [-0.3, -0.25) is 19.7 Å². The summed E-state index contributed by atoms with van der Waals surface area (Å²) in [5.74, 6) is -3.39. The van der Waals surface area contributed by atoms with Gasteiger partial charge in [0.05, 0.1) is 0 Å². The molecule has 6 heteroatoms. The summed E-state index contributed by atoms with van der Waals surface area (Å²) in [5, 5.41) is 20.9. The number of unbranched alkanes of at least 4 members (excludes halogenated alkanes) is 7. The van der Waals surface area contributed by atoms with E-state index in [9.17, 15) is 19.5 Å². The Labute approximate surface area is 145 Å². The Hall–Kier alpha value is -1.43. The second-order valence-corrected chi connectivity index (χ2v) is 6.65. The fraction of sp³-hybridized carbons (Fsp3) is 0.833. The van der Waals surface area contributed by atoms with Crippen LogP contribution in [-0.4, -0.2) is 40.0 Å². The molecule has 0 aromatic carbocycles. The Bertz CT molecular complexity index is 395. The fourth-order valence-electron chi connectivity index (χ4n) is 2.57. The molecule has 0 amide bonds. The highest BCUT2D eigenvalue weighted by Crippen LogP contribution is 2.12. The van der Waals surface area contributed by atoms with Gasteiger partial charge in [0.1, 0.15) is 6.04 Å². The molecule has 0 aliphatic carbocycles. The molecule has 0 saturated heterocycles. The van der Waals surface area contributed by atoms with E-state index in [1.54, 1.807) is 13.8 Å². The number of carboxylic acids is 2. The van der Waals surface area contributed by atoms with Crippen LogP contribution in [0.15, 0.2) is 0 Å². The molecule has 6 nitrogen and oxygen atoms in total. The molecule has 0 aromatic rings. The van der Waals surface area contributed by atoms with Crippen LogP contribution >= 0.6 is 0 Å². The number of rotatable bonds is 15. The van der Waals surface area contributed by atoms with Crippen molar-refractivity contribution in [2.75, 3.05) is 0 Å². The highest BCUT2D eigenvalue weighted by atomic mass is 16.4. The molecule has 0 aliphatic heterocycles. The molecule has 0 spiro atoms.